The van der Waals surface area contributed by atoms with Crippen molar-refractivity contribution in [1.29, 1.82) is 0 Å². The van der Waals surface area contributed by atoms with Crippen LogP contribution >= 0.6 is 23.2 Å². The molecule has 0 aliphatic heterocycles. The quantitative estimate of drug-likeness (QED) is 0.201. The molecule has 4 aromatic rings. The minimum Gasteiger partial charge on any atom is -0.459 e. The van der Waals surface area contributed by atoms with Gasteiger partial charge in [-0.1, -0.05) is 65.7 Å². The lowest BCUT2D eigenvalue weighted by molar-refractivity contribution is -0.120. The van der Waals surface area contributed by atoms with Gasteiger partial charge in [-0.05, 0) is 59.7 Å². The van der Waals surface area contributed by atoms with Gasteiger partial charge < -0.3 is 4.42 Å². The number of rotatable bonds is 10. The van der Waals surface area contributed by atoms with Crippen molar-refractivity contribution in [3.05, 3.63) is 124 Å². The highest BCUT2D eigenvalue weighted by Crippen LogP contribution is 2.24. The normalized spacial score (nSPS) is 11.8. The number of carbonyl (C=O) groups excluding carboxylic acids is 1. The lowest BCUT2D eigenvalue weighted by Crippen LogP contribution is -2.30. The van der Waals surface area contributed by atoms with Gasteiger partial charge in [0.2, 0.25) is 15.9 Å². The number of hydrogen-bond acceptors (Lipinski definition) is 5. The van der Waals surface area contributed by atoms with E-state index in [-0.39, 0.29) is 30.3 Å². The molecule has 1 N–H and O–H groups in total. The van der Waals surface area contributed by atoms with Crippen LogP contribution in [0.25, 0.3) is 0 Å². The van der Waals surface area contributed by atoms with Gasteiger partial charge >= 0.3 is 0 Å². The van der Waals surface area contributed by atoms with E-state index >= 15 is 0 Å². The number of nitrogens with one attached hydrogen (secondary N) is 1. The predicted octanol–water partition coefficient (Wildman–Crippen LogP) is 5.67. The molecule has 10 heteroatoms. The van der Waals surface area contributed by atoms with E-state index in [4.69, 9.17) is 27.6 Å². The maximum Gasteiger partial charge on any atom is 0.244 e. The fourth-order valence-corrected chi connectivity index (χ4v) is 5.13. The van der Waals surface area contributed by atoms with E-state index in [9.17, 15) is 13.2 Å². The van der Waals surface area contributed by atoms with Crippen LogP contribution < -0.4 is 5.43 Å². The maximum atomic E-state index is 13.5. The molecule has 0 saturated heterocycles. The first kappa shape index (κ1) is 26.6. The fraction of sp³-hybridized carbons (Fsp3) is 0.111. The van der Waals surface area contributed by atoms with E-state index in [2.05, 4.69) is 10.5 Å². The third-order valence-electron chi connectivity index (χ3n) is 5.33. The average molecular weight is 556 g/mol. The Morgan fingerprint density at radius 1 is 0.838 bits per heavy atom. The Morgan fingerprint density at radius 2 is 1.49 bits per heavy atom. The molecule has 190 valence electrons. The maximum absolute atomic E-state index is 13.5. The second kappa shape index (κ2) is 12.2. The van der Waals surface area contributed by atoms with Crippen molar-refractivity contribution in [3.8, 4) is 0 Å². The van der Waals surface area contributed by atoms with E-state index in [1.54, 1.807) is 36.4 Å². The third-order valence-corrected chi connectivity index (χ3v) is 7.64. The molecule has 0 aliphatic carbocycles. The number of hydrogen-bond donors (Lipinski definition) is 1. The first-order valence-electron chi connectivity index (χ1n) is 11.2. The summed E-state index contributed by atoms with van der Waals surface area (Å²) in [6.45, 7) is 0.0730. The van der Waals surface area contributed by atoms with Crippen molar-refractivity contribution < 1.29 is 17.6 Å². The smallest absolute Gasteiger partial charge is 0.244 e. The van der Waals surface area contributed by atoms with Gasteiger partial charge in [-0.3, -0.25) is 4.79 Å². The van der Waals surface area contributed by atoms with Crippen molar-refractivity contribution in [3.63, 3.8) is 0 Å². The molecule has 0 aliphatic rings. The van der Waals surface area contributed by atoms with Gasteiger partial charge in [0.25, 0.3) is 0 Å². The van der Waals surface area contributed by atoms with Crippen LogP contribution in [-0.2, 0) is 34.3 Å². The van der Waals surface area contributed by atoms with Crippen molar-refractivity contribution in [2.75, 3.05) is 0 Å². The summed E-state index contributed by atoms with van der Waals surface area (Å²) < 4.78 is 34.0. The zero-order chi connectivity index (χ0) is 26.3. The third kappa shape index (κ3) is 7.53. The fourth-order valence-electron chi connectivity index (χ4n) is 3.49. The summed E-state index contributed by atoms with van der Waals surface area (Å²) >= 11 is 11.9. The number of nitrogens with zero attached hydrogens (tertiary/aromatic N) is 2. The molecule has 0 radical (unpaired) electrons. The standard InChI is InChI=1S/C27H23Cl2N3O4S/c28-22-8-6-21(7-9-22)18-32(37(34,35)26-14-10-23(29)11-15-26)19-25-13-12-24(36-25)17-30-31-27(33)16-20-4-2-1-3-5-20/h1-15,17H,16,18-19H2,(H,31,33)/b30-17-. The highest BCUT2D eigenvalue weighted by Gasteiger charge is 2.26. The van der Waals surface area contributed by atoms with E-state index in [1.807, 2.05) is 30.3 Å². The summed E-state index contributed by atoms with van der Waals surface area (Å²) in [5, 5.41) is 4.93. The highest BCUT2D eigenvalue weighted by molar-refractivity contribution is 7.89. The first-order chi connectivity index (χ1) is 17.8. The van der Waals surface area contributed by atoms with Crippen LogP contribution in [0.15, 0.2) is 105 Å². The van der Waals surface area contributed by atoms with Crippen molar-refractivity contribution >= 4 is 45.3 Å². The molecule has 1 aromatic heterocycles. The Kier molecular flexibility index (Phi) is 8.78. The largest absolute Gasteiger partial charge is 0.459 e. The number of sulfonamides is 1. The highest BCUT2D eigenvalue weighted by atomic mass is 35.5. The van der Waals surface area contributed by atoms with E-state index in [1.165, 1.54) is 34.8 Å². The Labute approximate surface area is 225 Å². The summed E-state index contributed by atoms with van der Waals surface area (Å²) in [5.41, 5.74) is 4.09. The van der Waals surface area contributed by atoms with Gasteiger partial charge in [0.15, 0.2) is 0 Å². The topological polar surface area (TPSA) is 92.0 Å². The summed E-state index contributed by atoms with van der Waals surface area (Å²) in [6.07, 6.45) is 1.56. The molecule has 37 heavy (non-hydrogen) atoms. The van der Waals surface area contributed by atoms with Crippen LogP contribution in [0.1, 0.15) is 22.6 Å². The molecule has 4 rings (SSSR count). The zero-order valence-corrected chi connectivity index (χ0v) is 21.9. The Hall–Kier alpha value is -3.43. The molecular formula is C27H23Cl2N3O4S. The molecule has 1 amide bonds. The van der Waals surface area contributed by atoms with E-state index in [0.717, 1.165) is 11.1 Å². The van der Waals surface area contributed by atoms with Crippen molar-refractivity contribution in [2.24, 2.45) is 5.10 Å². The Morgan fingerprint density at radius 3 is 2.16 bits per heavy atom. The van der Waals surface area contributed by atoms with Crippen molar-refractivity contribution in [2.45, 2.75) is 24.4 Å². The predicted molar refractivity (Wildman–Crippen MR) is 144 cm³/mol. The lowest BCUT2D eigenvalue weighted by Gasteiger charge is -2.21. The minimum absolute atomic E-state index is 0.0260. The minimum atomic E-state index is -3.88. The number of hydrazone groups is 1. The van der Waals surface area contributed by atoms with Gasteiger partial charge in [-0.15, -0.1) is 0 Å². The number of halogens is 2. The van der Waals surface area contributed by atoms with Crippen LogP contribution in [0.3, 0.4) is 0 Å². The van der Waals surface area contributed by atoms with E-state index < -0.39 is 10.0 Å². The van der Waals surface area contributed by atoms with Crippen LogP contribution in [0.4, 0.5) is 0 Å². The SMILES string of the molecule is O=C(Cc1ccccc1)N/N=C\c1ccc(CN(Cc2ccc(Cl)cc2)S(=O)(=O)c2ccc(Cl)cc2)o1. The second-order valence-corrected chi connectivity index (χ2v) is 10.9. The molecule has 3 aromatic carbocycles. The molecule has 0 saturated carbocycles. The number of furan rings is 1. The van der Waals surface area contributed by atoms with Crippen LogP contribution in [-0.4, -0.2) is 24.8 Å². The second-order valence-electron chi connectivity index (χ2n) is 8.11. The van der Waals surface area contributed by atoms with Gasteiger partial charge in [-0.2, -0.15) is 9.41 Å². The average Bonchev–Trinajstić information content (AvgIpc) is 3.33. The number of benzene rings is 3. The molecule has 0 unspecified atom stereocenters. The molecule has 0 bridgehead atoms. The van der Waals surface area contributed by atoms with Gasteiger partial charge in [0.05, 0.1) is 24.1 Å². The molecule has 0 spiro atoms. The molecule has 7 nitrogen and oxygen atoms in total. The van der Waals surface area contributed by atoms with Crippen LogP contribution in [0.5, 0.6) is 0 Å². The number of amides is 1. The Bertz CT molecular complexity index is 1470. The summed E-state index contributed by atoms with van der Waals surface area (Å²) in [6, 6.07) is 25.6. The molecule has 1 heterocycles. The van der Waals surface area contributed by atoms with Crippen molar-refractivity contribution in [1.82, 2.24) is 9.73 Å². The number of carbonyl (C=O) groups is 1. The van der Waals surface area contributed by atoms with E-state index in [0.29, 0.717) is 21.6 Å². The van der Waals surface area contributed by atoms with Crippen LogP contribution in [0.2, 0.25) is 10.0 Å². The first-order valence-corrected chi connectivity index (χ1v) is 13.4. The summed E-state index contributed by atoms with van der Waals surface area (Å²) in [7, 11) is -3.88. The summed E-state index contributed by atoms with van der Waals surface area (Å²) in [5.74, 6) is 0.506. The van der Waals surface area contributed by atoms with Gasteiger partial charge in [-0.25, -0.2) is 13.8 Å². The molecular weight excluding hydrogens is 533 g/mol. The molecule has 0 fully saturated rings. The van der Waals surface area contributed by atoms with Gasteiger partial charge in [0, 0.05) is 16.6 Å². The summed E-state index contributed by atoms with van der Waals surface area (Å²) in [4.78, 5) is 12.2. The lowest BCUT2D eigenvalue weighted by atomic mass is 10.1. The van der Waals surface area contributed by atoms with Gasteiger partial charge in [0.1, 0.15) is 11.5 Å². The Balaban J connectivity index is 1.47. The van der Waals surface area contributed by atoms with Crippen LogP contribution in [0, 0.1) is 0 Å². The zero-order valence-electron chi connectivity index (χ0n) is 19.6. The monoisotopic (exact) mass is 555 g/mol. The molecule has 0 atom stereocenters.